The summed E-state index contributed by atoms with van der Waals surface area (Å²) in [7, 11) is 0. The summed E-state index contributed by atoms with van der Waals surface area (Å²) in [6, 6.07) is 0.557. The molecule has 3 nitrogen and oxygen atoms in total. The first-order valence-electron chi connectivity index (χ1n) is 4.87. The summed E-state index contributed by atoms with van der Waals surface area (Å²) in [6.45, 7) is 5.93. The van der Waals surface area contributed by atoms with E-state index in [2.05, 4.69) is 29.8 Å². The van der Waals surface area contributed by atoms with Gasteiger partial charge in [0.25, 0.3) is 0 Å². The first-order chi connectivity index (χ1) is 6.27. The summed E-state index contributed by atoms with van der Waals surface area (Å²) >= 11 is 0. The minimum atomic E-state index is 0.557. The number of aryl methyl sites for hydroxylation is 2. The Morgan fingerprint density at radius 1 is 1.38 bits per heavy atom. The fourth-order valence-electron chi connectivity index (χ4n) is 1.71. The van der Waals surface area contributed by atoms with Gasteiger partial charge < -0.3 is 4.74 Å². The van der Waals surface area contributed by atoms with Crippen molar-refractivity contribution in [3.8, 4) is 0 Å². The van der Waals surface area contributed by atoms with Crippen LogP contribution in [-0.4, -0.2) is 23.0 Å². The number of aromatic nitrogens is 2. The maximum Gasteiger partial charge on any atom is 0.0622 e. The van der Waals surface area contributed by atoms with Gasteiger partial charge >= 0.3 is 0 Å². The van der Waals surface area contributed by atoms with E-state index in [1.54, 1.807) is 0 Å². The van der Waals surface area contributed by atoms with Crippen molar-refractivity contribution >= 4 is 0 Å². The van der Waals surface area contributed by atoms with E-state index in [1.165, 1.54) is 5.56 Å². The molecular weight excluding hydrogens is 164 g/mol. The van der Waals surface area contributed by atoms with Crippen LogP contribution in [0.15, 0.2) is 6.20 Å². The third-order valence-electron chi connectivity index (χ3n) is 2.73. The highest BCUT2D eigenvalue weighted by molar-refractivity contribution is 5.12. The zero-order chi connectivity index (χ0) is 9.26. The molecule has 0 aliphatic carbocycles. The Hall–Kier alpha value is -0.830. The molecule has 0 aromatic carbocycles. The molecule has 13 heavy (non-hydrogen) atoms. The average molecular weight is 180 g/mol. The molecule has 3 heteroatoms. The summed E-state index contributed by atoms with van der Waals surface area (Å²) in [6.07, 6.45) is 4.34. The molecule has 0 spiro atoms. The molecule has 0 radical (unpaired) electrons. The monoisotopic (exact) mass is 180 g/mol. The summed E-state index contributed by atoms with van der Waals surface area (Å²) < 4.78 is 7.42. The third kappa shape index (κ3) is 1.75. The van der Waals surface area contributed by atoms with E-state index in [0.717, 1.165) is 31.7 Å². The molecule has 1 fully saturated rings. The maximum absolute atomic E-state index is 5.32. The van der Waals surface area contributed by atoms with Crippen LogP contribution in [0.3, 0.4) is 0 Å². The lowest BCUT2D eigenvalue weighted by Gasteiger charge is -2.22. The van der Waals surface area contributed by atoms with E-state index in [-0.39, 0.29) is 0 Å². The smallest absolute Gasteiger partial charge is 0.0622 e. The summed E-state index contributed by atoms with van der Waals surface area (Å²) in [4.78, 5) is 0. The molecule has 0 atom stereocenters. The minimum Gasteiger partial charge on any atom is -0.381 e. The standard InChI is InChI=1S/C10H16N2O/c1-8-7-12(11-9(8)2)10-3-5-13-6-4-10/h7,10H,3-6H2,1-2H3. The largest absolute Gasteiger partial charge is 0.381 e. The fourth-order valence-corrected chi connectivity index (χ4v) is 1.71. The Labute approximate surface area is 78.7 Å². The fraction of sp³-hybridized carbons (Fsp3) is 0.700. The van der Waals surface area contributed by atoms with Gasteiger partial charge in [0.1, 0.15) is 0 Å². The van der Waals surface area contributed by atoms with Gasteiger partial charge in [-0.1, -0.05) is 0 Å². The second-order valence-corrected chi connectivity index (χ2v) is 3.72. The summed E-state index contributed by atoms with van der Waals surface area (Å²) in [5.74, 6) is 0. The average Bonchev–Trinajstić information content (AvgIpc) is 2.49. The Morgan fingerprint density at radius 2 is 2.08 bits per heavy atom. The molecule has 0 N–H and O–H groups in total. The first-order valence-corrected chi connectivity index (χ1v) is 4.87. The van der Waals surface area contributed by atoms with Crippen molar-refractivity contribution in [3.05, 3.63) is 17.5 Å². The van der Waals surface area contributed by atoms with E-state index in [9.17, 15) is 0 Å². The predicted octanol–water partition coefficient (Wildman–Crippen LogP) is 1.85. The van der Waals surface area contributed by atoms with Gasteiger partial charge in [0, 0.05) is 19.4 Å². The number of rotatable bonds is 1. The second-order valence-electron chi connectivity index (χ2n) is 3.72. The molecule has 0 amide bonds. The minimum absolute atomic E-state index is 0.557. The van der Waals surface area contributed by atoms with Gasteiger partial charge in [-0.15, -0.1) is 0 Å². The van der Waals surface area contributed by atoms with Crippen LogP contribution < -0.4 is 0 Å². The number of hydrogen-bond acceptors (Lipinski definition) is 2. The number of ether oxygens (including phenoxy) is 1. The topological polar surface area (TPSA) is 27.1 Å². The predicted molar refractivity (Wildman–Crippen MR) is 50.8 cm³/mol. The van der Waals surface area contributed by atoms with Gasteiger partial charge in [-0.2, -0.15) is 5.10 Å². The van der Waals surface area contributed by atoms with E-state index in [0.29, 0.717) is 6.04 Å². The van der Waals surface area contributed by atoms with Crippen LogP contribution in [0.4, 0.5) is 0 Å². The summed E-state index contributed by atoms with van der Waals surface area (Å²) in [5.41, 5.74) is 2.43. The molecule has 2 heterocycles. The Kier molecular flexibility index (Phi) is 2.36. The normalized spacial score (nSPS) is 19.2. The second kappa shape index (κ2) is 3.50. The Morgan fingerprint density at radius 3 is 2.62 bits per heavy atom. The van der Waals surface area contributed by atoms with Crippen LogP contribution >= 0.6 is 0 Å². The van der Waals surface area contributed by atoms with Crippen LogP contribution in [-0.2, 0) is 4.74 Å². The highest BCUT2D eigenvalue weighted by Gasteiger charge is 2.16. The molecule has 0 saturated carbocycles. The van der Waals surface area contributed by atoms with Crippen molar-refractivity contribution in [2.75, 3.05) is 13.2 Å². The van der Waals surface area contributed by atoms with Crippen molar-refractivity contribution in [2.45, 2.75) is 32.7 Å². The van der Waals surface area contributed by atoms with Crippen LogP contribution in [0.25, 0.3) is 0 Å². The van der Waals surface area contributed by atoms with E-state index >= 15 is 0 Å². The lowest BCUT2D eigenvalue weighted by Crippen LogP contribution is -2.19. The maximum atomic E-state index is 5.32. The van der Waals surface area contributed by atoms with Crippen LogP contribution in [0.5, 0.6) is 0 Å². The molecule has 0 bridgehead atoms. The molecule has 1 aromatic rings. The summed E-state index contributed by atoms with van der Waals surface area (Å²) in [5, 5.41) is 4.50. The van der Waals surface area contributed by atoms with Crippen LogP contribution in [0.2, 0.25) is 0 Å². The lowest BCUT2D eigenvalue weighted by molar-refractivity contribution is 0.0661. The lowest BCUT2D eigenvalue weighted by atomic mass is 10.1. The van der Waals surface area contributed by atoms with Crippen molar-refractivity contribution in [1.29, 1.82) is 0 Å². The number of hydrogen-bond donors (Lipinski definition) is 0. The quantitative estimate of drug-likeness (QED) is 0.659. The highest BCUT2D eigenvalue weighted by Crippen LogP contribution is 2.20. The van der Waals surface area contributed by atoms with E-state index in [4.69, 9.17) is 4.74 Å². The molecule has 2 rings (SSSR count). The molecule has 0 unspecified atom stereocenters. The van der Waals surface area contributed by atoms with Crippen molar-refractivity contribution in [2.24, 2.45) is 0 Å². The first kappa shape index (κ1) is 8.75. The molecule has 72 valence electrons. The zero-order valence-corrected chi connectivity index (χ0v) is 8.29. The van der Waals surface area contributed by atoms with Crippen LogP contribution in [0, 0.1) is 13.8 Å². The van der Waals surface area contributed by atoms with Crippen molar-refractivity contribution in [1.82, 2.24) is 9.78 Å². The zero-order valence-electron chi connectivity index (χ0n) is 8.29. The Balaban J connectivity index is 2.14. The third-order valence-corrected chi connectivity index (χ3v) is 2.73. The molecule has 1 aliphatic rings. The van der Waals surface area contributed by atoms with E-state index in [1.807, 2.05) is 0 Å². The van der Waals surface area contributed by atoms with Gasteiger partial charge in [0.15, 0.2) is 0 Å². The van der Waals surface area contributed by atoms with Gasteiger partial charge in [-0.25, -0.2) is 0 Å². The van der Waals surface area contributed by atoms with Gasteiger partial charge in [-0.3, -0.25) is 4.68 Å². The van der Waals surface area contributed by atoms with Crippen LogP contribution in [0.1, 0.15) is 30.1 Å². The number of nitrogens with zero attached hydrogens (tertiary/aromatic N) is 2. The molecular formula is C10H16N2O. The van der Waals surface area contributed by atoms with Gasteiger partial charge in [0.05, 0.1) is 11.7 Å². The molecule has 1 saturated heterocycles. The van der Waals surface area contributed by atoms with Crippen molar-refractivity contribution in [3.63, 3.8) is 0 Å². The Bertz CT molecular complexity index is 268. The highest BCUT2D eigenvalue weighted by atomic mass is 16.5. The molecule has 1 aliphatic heterocycles. The molecule has 1 aromatic heterocycles. The SMILES string of the molecule is Cc1cn(C2CCOCC2)nc1C. The van der Waals surface area contributed by atoms with E-state index < -0.39 is 0 Å². The van der Waals surface area contributed by atoms with Crippen molar-refractivity contribution < 1.29 is 4.74 Å². The van der Waals surface area contributed by atoms with Gasteiger partial charge in [0.2, 0.25) is 0 Å². The van der Waals surface area contributed by atoms with Gasteiger partial charge in [-0.05, 0) is 32.3 Å².